The fourth-order valence-corrected chi connectivity index (χ4v) is 1.22. The highest BCUT2D eigenvalue weighted by molar-refractivity contribution is 6.68. The van der Waals surface area contributed by atoms with E-state index in [0.717, 1.165) is 0 Å². The van der Waals surface area contributed by atoms with Gasteiger partial charge in [-0.2, -0.15) is 0 Å². The van der Waals surface area contributed by atoms with Gasteiger partial charge in [0.2, 0.25) is 3.79 Å². The second kappa shape index (κ2) is 5.41. The van der Waals surface area contributed by atoms with E-state index in [2.05, 4.69) is 5.32 Å². The summed E-state index contributed by atoms with van der Waals surface area (Å²) in [6.07, 6.45) is -1.53. The van der Waals surface area contributed by atoms with Crippen LogP contribution in [-0.4, -0.2) is 52.4 Å². The molecule has 0 aromatic rings. The summed E-state index contributed by atoms with van der Waals surface area (Å²) >= 11 is 16.2. The van der Waals surface area contributed by atoms with E-state index in [1.807, 2.05) is 0 Å². The molecule has 2 amide bonds. The summed E-state index contributed by atoms with van der Waals surface area (Å²) in [5.74, 6) is 0. The molecule has 0 aromatic carbocycles. The molecule has 88 valence electrons. The van der Waals surface area contributed by atoms with Crippen LogP contribution >= 0.6 is 34.8 Å². The number of alkyl halides is 3. The van der Waals surface area contributed by atoms with E-state index in [4.69, 9.17) is 39.5 Å². The molecule has 1 aliphatic heterocycles. The number of hydrogen-bond acceptors (Lipinski definition) is 3. The third-order valence-electron chi connectivity index (χ3n) is 1.87. The molecule has 5 nitrogen and oxygen atoms in total. The number of aliphatic hydroxyl groups is 1. The van der Waals surface area contributed by atoms with Gasteiger partial charge in [-0.3, -0.25) is 0 Å². The Labute approximate surface area is 102 Å². The van der Waals surface area contributed by atoms with Gasteiger partial charge in [0.15, 0.2) is 6.23 Å². The van der Waals surface area contributed by atoms with Crippen molar-refractivity contribution >= 4 is 40.8 Å². The van der Waals surface area contributed by atoms with Crippen LogP contribution in [-0.2, 0) is 4.74 Å². The van der Waals surface area contributed by atoms with Crippen LogP contribution in [0.4, 0.5) is 4.79 Å². The average Bonchev–Trinajstić information content (AvgIpc) is 2.17. The Hall–Kier alpha value is 0.0600. The maximum absolute atomic E-state index is 11.5. The average molecular weight is 278 g/mol. The zero-order valence-corrected chi connectivity index (χ0v) is 10.0. The van der Waals surface area contributed by atoms with Crippen molar-refractivity contribution in [2.24, 2.45) is 0 Å². The lowest BCUT2D eigenvalue weighted by Gasteiger charge is -2.29. The molecule has 2 N–H and O–H groups in total. The van der Waals surface area contributed by atoms with Crippen LogP contribution in [0.25, 0.3) is 0 Å². The molecule has 1 saturated heterocycles. The zero-order chi connectivity index (χ0) is 11.5. The predicted octanol–water partition coefficient (Wildman–Crippen LogP) is 0.717. The molecule has 8 heteroatoms. The Morgan fingerprint density at radius 3 is 2.40 bits per heavy atom. The molecule has 1 rings (SSSR count). The van der Waals surface area contributed by atoms with Gasteiger partial charge in [-0.05, 0) is 0 Å². The number of morpholine rings is 1. The monoisotopic (exact) mass is 276 g/mol. The first-order valence-corrected chi connectivity index (χ1v) is 5.42. The Morgan fingerprint density at radius 2 is 1.93 bits per heavy atom. The predicted molar refractivity (Wildman–Crippen MR) is 57.2 cm³/mol. The van der Waals surface area contributed by atoms with E-state index in [-0.39, 0.29) is 0 Å². The number of rotatable bonds is 1. The molecule has 1 atom stereocenters. The number of aliphatic hydroxyl groups excluding tert-OH is 1. The van der Waals surface area contributed by atoms with Gasteiger partial charge in [0.05, 0.1) is 13.2 Å². The summed E-state index contributed by atoms with van der Waals surface area (Å²) in [5.41, 5.74) is 0. The number of nitrogens with zero attached hydrogens (tertiary/aromatic N) is 1. The van der Waals surface area contributed by atoms with Crippen molar-refractivity contribution in [2.45, 2.75) is 10.0 Å². The first-order chi connectivity index (χ1) is 6.91. The van der Waals surface area contributed by atoms with Crippen LogP contribution in [0.5, 0.6) is 0 Å². The Morgan fingerprint density at radius 1 is 1.40 bits per heavy atom. The molecule has 0 bridgehead atoms. The molecule has 0 saturated carbocycles. The SMILES string of the molecule is O=C(N[C@H](O)C(Cl)(Cl)Cl)N1CCOCC1. The zero-order valence-electron chi connectivity index (χ0n) is 7.75. The highest BCUT2D eigenvalue weighted by Gasteiger charge is 2.33. The standard InChI is InChI=1S/C7H11Cl3N2O3/c8-7(9,10)5(13)11-6(14)12-1-3-15-4-2-12/h5,13H,1-4H2,(H,11,14)/t5-/m1/s1. The second-order valence-electron chi connectivity index (χ2n) is 2.99. The van der Waals surface area contributed by atoms with Gasteiger partial charge >= 0.3 is 6.03 Å². The maximum Gasteiger partial charge on any atom is 0.319 e. The van der Waals surface area contributed by atoms with Crippen LogP contribution in [0.3, 0.4) is 0 Å². The summed E-state index contributed by atoms with van der Waals surface area (Å²) in [5, 5.41) is 11.5. The third kappa shape index (κ3) is 4.20. The fourth-order valence-electron chi connectivity index (χ4n) is 1.06. The van der Waals surface area contributed by atoms with Crippen molar-refractivity contribution < 1.29 is 14.6 Å². The number of amides is 2. The summed E-state index contributed by atoms with van der Waals surface area (Å²) in [6, 6.07) is -0.475. The number of nitrogens with one attached hydrogen (secondary N) is 1. The second-order valence-corrected chi connectivity index (χ2v) is 5.36. The summed E-state index contributed by atoms with van der Waals surface area (Å²) < 4.78 is 3.13. The molecule has 1 fully saturated rings. The largest absolute Gasteiger partial charge is 0.378 e. The molecule has 0 aliphatic carbocycles. The van der Waals surface area contributed by atoms with E-state index in [9.17, 15) is 9.90 Å². The van der Waals surface area contributed by atoms with Crippen molar-refractivity contribution in [3.8, 4) is 0 Å². The first kappa shape index (κ1) is 13.1. The lowest BCUT2D eigenvalue weighted by molar-refractivity contribution is 0.0471. The highest BCUT2D eigenvalue weighted by Crippen LogP contribution is 2.28. The Balaban J connectivity index is 2.40. The number of hydrogen-bond donors (Lipinski definition) is 2. The van der Waals surface area contributed by atoms with E-state index in [1.165, 1.54) is 4.90 Å². The van der Waals surface area contributed by atoms with Gasteiger partial charge in [-0.15, -0.1) is 0 Å². The van der Waals surface area contributed by atoms with Gasteiger partial charge < -0.3 is 20.1 Å². The quantitative estimate of drug-likeness (QED) is 0.548. The highest BCUT2D eigenvalue weighted by atomic mass is 35.6. The number of carbonyl (C=O) groups is 1. The molecular weight excluding hydrogens is 266 g/mol. The van der Waals surface area contributed by atoms with Crippen LogP contribution in [0.2, 0.25) is 0 Å². The minimum absolute atomic E-state index is 0.457. The molecule has 0 radical (unpaired) electrons. The minimum atomic E-state index is -1.93. The van der Waals surface area contributed by atoms with Gasteiger partial charge in [-0.25, -0.2) is 4.79 Å². The van der Waals surface area contributed by atoms with Crippen LogP contribution in [0.1, 0.15) is 0 Å². The number of ether oxygens (including phenoxy) is 1. The van der Waals surface area contributed by atoms with E-state index in [0.29, 0.717) is 26.3 Å². The molecule has 1 aliphatic rings. The number of halogens is 3. The van der Waals surface area contributed by atoms with Gasteiger partial charge in [-0.1, -0.05) is 34.8 Å². The van der Waals surface area contributed by atoms with Crippen molar-refractivity contribution in [1.29, 1.82) is 0 Å². The maximum atomic E-state index is 11.5. The van der Waals surface area contributed by atoms with Gasteiger partial charge in [0.1, 0.15) is 0 Å². The summed E-state index contributed by atoms with van der Waals surface area (Å²) in [4.78, 5) is 13.0. The van der Waals surface area contributed by atoms with Crippen molar-refractivity contribution in [2.75, 3.05) is 26.3 Å². The molecule has 0 aromatic heterocycles. The van der Waals surface area contributed by atoms with Gasteiger partial charge in [0.25, 0.3) is 0 Å². The lowest BCUT2D eigenvalue weighted by atomic mass is 10.4. The molecule has 1 heterocycles. The Bertz CT molecular complexity index is 228. The minimum Gasteiger partial charge on any atom is -0.378 e. The van der Waals surface area contributed by atoms with Crippen molar-refractivity contribution in [1.82, 2.24) is 10.2 Å². The van der Waals surface area contributed by atoms with Gasteiger partial charge in [0, 0.05) is 13.1 Å². The summed E-state index contributed by atoms with van der Waals surface area (Å²) in [7, 11) is 0. The van der Waals surface area contributed by atoms with Crippen molar-refractivity contribution in [3.63, 3.8) is 0 Å². The number of urea groups is 1. The molecular formula is C7H11Cl3N2O3. The van der Waals surface area contributed by atoms with Crippen LogP contribution in [0, 0.1) is 0 Å². The normalized spacial score (nSPS) is 19.9. The lowest BCUT2D eigenvalue weighted by Crippen LogP contribution is -2.52. The van der Waals surface area contributed by atoms with E-state index in [1.54, 1.807) is 0 Å². The van der Waals surface area contributed by atoms with E-state index >= 15 is 0 Å². The third-order valence-corrected chi connectivity index (χ3v) is 2.49. The summed E-state index contributed by atoms with van der Waals surface area (Å²) in [6.45, 7) is 1.85. The molecule has 0 unspecified atom stereocenters. The first-order valence-electron chi connectivity index (χ1n) is 4.29. The van der Waals surface area contributed by atoms with E-state index < -0.39 is 16.1 Å². The van der Waals surface area contributed by atoms with Crippen LogP contribution < -0.4 is 5.32 Å². The Kier molecular flexibility index (Phi) is 4.73. The topological polar surface area (TPSA) is 61.8 Å². The smallest absolute Gasteiger partial charge is 0.319 e. The van der Waals surface area contributed by atoms with Crippen LogP contribution in [0.15, 0.2) is 0 Å². The molecule has 15 heavy (non-hydrogen) atoms. The number of carbonyl (C=O) groups excluding carboxylic acids is 1. The molecule has 0 spiro atoms. The fraction of sp³-hybridized carbons (Fsp3) is 0.857. The van der Waals surface area contributed by atoms with Crippen molar-refractivity contribution in [3.05, 3.63) is 0 Å².